The molecule has 19 heavy (non-hydrogen) atoms. The second kappa shape index (κ2) is 4.21. The summed E-state index contributed by atoms with van der Waals surface area (Å²) < 4.78 is 5.78. The van der Waals surface area contributed by atoms with Gasteiger partial charge in [-0.3, -0.25) is 9.38 Å². The summed E-state index contributed by atoms with van der Waals surface area (Å²) in [5, 5.41) is 12.9. The first kappa shape index (κ1) is 12.4. The quantitative estimate of drug-likeness (QED) is 0.690. The molecule has 0 aromatic carbocycles. The zero-order valence-corrected chi connectivity index (χ0v) is 12.2. The first-order valence-electron chi connectivity index (χ1n) is 5.66. The third-order valence-electron chi connectivity index (χ3n) is 2.67. The van der Waals surface area contributed by atoms with Crippen LogP contribution in [0.25, 0.3) is 16.3 Å². The van der Waals surface area contributed by atoms with Gasteiger partial charge in [-0.25, -0.2) is 0 Å². The maximum Gasteiger partial charge on any atom is 0.183 e. The molecular formula is C11H11ClN6S. The van der Waals surface area contributed by atoms with Gasteiger partial charge in [-0.2, -0.15) is 0 Å². The Labute approximate surface area is 118 Å². The Morgan fingerprint density at radius 2 is 1.95 bits per heavy atom. The maximum absolute atomic E-state index is 6.17. The van der Waals surface area contributed by atoms with Gasteiger partial charge in [-0.1, -0.05) is 36.9 Å². The van der Waals surface area contributed by atoms with E-state index in [-0.39, 0.29) is 5.41 Å². The van der Waals surface area contributed by atoms with Crippen molar-refractivity contribution in [3.8, 4) is 10.7 Å². The Morgan fingerprint density at radius 1 is 1.16 bits per heavy atom. The highest BCUT2D eigenvalue weighted by Crippen LogP contribution is 2.33. The number of nitrogens with zero attached hydrogens (tertiary/aromatic N) is 6. The van der Waals surface area contributed by atoms with E-state index in [9.17, 15) is 0 Å². The van der Waals surface area contributed by atoms with Gasteiger partial charge in [-0.05, 0) is 11.5 Å². The minimum absolute atomic E-state index is 0.117. The molecule has 0 radical (unpaired) electrons. The van der Waals surface area contributed by atoms with E-state index < -0.39 is 0 Å². The van der Waals surface area contributed by atoms with Gasteiger partial charge in [0.1, 0.15) is 10.0 Å². The number of halogens is 1. The zero-order chi connectivity index (χ0) is 13.6. The van der Waals surface area contributed by atoms with Crippen LogP contribution in [0.5, 0.6) is 0 Å². The molecule has 0 N–H and O–H groups in total. The van der Waals surface area contributed by atoms with Crippen LogP contribution in [-0.4, -0.2) is 29.2 Å². The molecule has 3 aromatic heterocycles. The number of fused-ring (bicyclic) bond motifs is 1. The van der Waals surface area contributed by atoms with Gasteiger partial charge >= 0.3 is 0 Å². The first-order valence-corrected chi connectivity index (χ1v) is 6.81. The standard InChI is InChI=1S/C11H11ClN6S/c1-11(2,3)9-8(19-17-15-9)10-16-14-7-5-13-4-6(12)18(7)10/h4-5H,1-3H3. The second-order valence-corrected chi connectivity index (χ2v) is 6.29. The lowest BCUT2D eigenvalue weighted by Crippen LogP contribution is -2.13. The molecule has 6 nitrogen and oxygen atoms in total. The fourth-order valence-electron chi connectivity index (χ4n) is 1.79. The third-order valence-corrected chi connectivity index (χ3v) is 3.66. The second-order valence-electron chi connectivity index (χ2n) is 5.15. The Morgan fingerprint density at radius 3 is 2.68 bits per heavy atom. The molecule has 0 saturated carbocycles. The largest absolute Gasteiger partial charge is 0.261 e. The molecule has 0 atom stereocenters. The zero-order valence-electron chi connectivity index (χ0n) is 10.6. The number of hydrogen-bond donors (Lipinski definition) is 0. The number of rotatable bonds is 1. The first-order chi connectivity index (χ1) is 8.98. The summed E-state index contributed by atoms with van der Waals surface area (Å²) in [6.07, 6.45) is 3.18. The minimum Gasteiger partial charge on any atom is -0.261 e. The van der Waals surface area contributed by atoms with Crippen molar-refractivity contribution in [3.63, 3.8) is 0 Å². The van der Waals surface area contributed by atoms with Gasteiger partial charge in [0.2, 0.25) is 0 Å². The van der Waals surface area contributed by atoms with Crippen molar-refractivity contribution in [2.24, 2.45) is 0 Å². The van der Waals surface area contributed by atoms with Crippen molar-refractivity contribution in [2.45, 2.75) is 26.2 Å². The van der Waals surface area contributed by atoms with Crippen LogP contribution in [0.15, 0.2) is 12.4 Å². The van der Waals surface area contributed by atoms with Crippen LogP contribution in [0, 0.1) is 0 Å². The van der Waals surface area contributed by atoms with E-state index in [4.69, 9.17) is 11.6 Å². The minimum atomic E-state index is -0.117. The van der Waals surface area contributed by atoms with Crippen molar-refractivity contribution in [1.29, 1.82) is 0 Å². The Hall–Kier alpha value is -1.60. The van der Waals surface area contributed by atoms with E-state index in [2.05, 4.69) is 45.5 Å². The lowest BCUT2D eigenvalue weighted by Gasteiger charge is -2.15. The summed E-state index contributed by atoms with van der Waals surface area (Å²) in [7, 11) is 0. The average Bonchev–Trinajstić information content (AvgIpc) is 2.93. The number of hydrogen-bond acceptors (Lipinski definition) is 6. The van der Waals surface area contributed by atoms with Crippen molar-refractivity contribution in [1.82, 2.24) is 29.2 Å². The molecule has 0 unspecified atom stereocenters. The lowest BCUT2D eigenvalue weighted by molar-refractivity contribution is 0.568. The average molecular weight is 295 g/mol. The van der Waals surface area contributed by atoms with E-state index >= 15 is 0 Å². The highest BCUT2D eigenvalue weighted by molar-refractivity contribution is 7.09. The van der Waals surface area contributed by atoms with Crippen molar-refractivity contribution < 1.29 is 0 Å². The molecule has 3 aromatic rings. The fourth-order valence-corrected chi connectivity index (χ4v) is 2.86. The summed E-state index contributed by atoms with van der Waals surface area (Å²) in [5.74, 6) is 0.655. The smallest absolute Gasteiger partial charge is 0.183 e. The van der Waals surface area contributed by atoms with Crippen molar-refractivity contribution in [3.05, 3.63) is 23.2 Å². The molecular weight excluding hydrogens is 284 g/mol. The Balaban J connectivity index is 2.29. The van der Waals surface area contributed by atoms with Crippen LogP contribution < -0.4 is 0 Å². The van der Waals surface area contributed by atoms with Crippen LogP contribution in [0.2, 0.25) is 5.15 Å². The van der Waals surface area contributed by atoms with Gasteiger partial charge < -0.3 is 0 Å². The summed E-state index contributed by atoms with van der Waals surface area (Å²) >= 11 is 7.47. The molecule has 0 aliphatic rings. The highest BCUT2D eigenvalue weighted by Gasteiger charge is 2.26. The normalized spacial score (nSPS) is 12.2. The van der Waals surface area contributed by atoms with Crippen molar-refractivity contribution >= 4 is 28.8 Å². The number of aromatic nitrogens is 6. The van der Waals surface area contributed by atoms with Gasteiger partial charge in [0, 0.05) is 5.41 Å². The maximum atomic E-state index is 6.17. The van der Waals surface area contributed by atoms with Gasteiger partial charge in [-0.15, -0.1) is 15.3 Å². The summed E-state index contributed by atoms with van der Waals surface area (Å²) in [5.41, 5.74) is 1.38. The van der Waals surface area contributed by atoms with Gasteiger partial charge in [0.05, 0.1) is 18.1 Å². The highest BCUT2D eigenvalue weighted by atomic mass is 35.5. The topological polar surface area (TPSA) is 68.9 Å². The van der Waals surface area contributed by atoms with E-state index in [0.717, 1.165) is 10.6 Å². The van der Waals surface area contributed by atoms with E-state index in [0.29, 0.717) is 16.6 Å². The van der Waals surface area contributed by atoms with Crippen LogP contribution in [0.3, 0.4) is 0 Å². The molecule has 3 rings (SSSR count). The SMILES string of the molecule is CC(C)(C)c1nnsc1-c1nnc2cncc(Cl)n12. The van der Waals surface area contributed by atoms with Gasteiger partial charge in [0.25, 0.3) is 0 Å². The fraction of sp³-hybridized carbons (Fsp3) is 0.364. The summed E-state index contributed by atoms with van der Waals surface area (Å²) in [6, 6.07) is 0. The molecule has 0 saturated heterocycles. The molecule has 3 heterocycles. The summed E-state index contributed by atoms with van der Waals surface area (Å²) in [4.78, 5) is 4.88. The van der Waals surface area contributed by atoms with Gasteiger partial charge in [0.15, 0.2) is 11.5 Å². The third kappa shape index (κ3) is 1.98. The van der Waals surface area contributed by atoms with Crippen LogP contribution in [0.4, 0.5) is 0 Å². The van der Waals surface area contributed by atoms with Crippen LogP contribution in [-0.2, 0) is 5.41 Å². The Kier molecular flexibility index (Phi) is 2.75. The van der Waals surface area contributed by atoms with E-state index in [1.807, 2.05) is 0 Å². The molecule has 0 bridgehead atoms. The predicted molar refractivity (Wildman–Crippen MR) is 73.4 cm³/mol. The molecule has 0 amide bonds. The van der Waals surface area contributed by atoms with Crippen LogP contribution >= 0.6 is 23.1 Å². The van der Waals surface area contributed by atoms with Crippen LogP contribution in [0.1, 0.15) is 26.5 Å². The molecule has 0 spiro atoms. The van der Waals surface area contributed by atoms with E-state index in [1.165, 1.54) is 11.5 Å². The predicted octanol–water partition coefficient (Wildman–Crippen LogP) is 2.59. The molecule has 8 heteroatoms. The molecule has 0 aliphatic heterocycles. The van der Waals surface area contributed by atoms with E-state index in [1.54, 1.807) is 16.8 Å². The van der Waals surface area contributed by atoms with Crippen molar-refractivity contribution in [2.75, 3.05) is 0 Å². The molecule has 98 valence electrons. The monoisotopic (exact) mass is 294 g/mol. The lowest BCUT2D eigenvalue weighted by atomic mass is 9.91. The summed E-state index contributed by atoms with van der Waals surface area (Å²) in [6.45, 7) is 6.25. The molecule has 0 aliphatic carbocycles. The Bertz CT molecular complexity index is 741. The molecule has 0 fully saturated rings.